The van der Waals surface area contributed by atoms with Crippen LogP contribution in [0.4, 0.5) is 11.6 Å². The molecule has 1 saturated carbocycles. The fourth-order valence-electron chi connectivity index (χ4n) is 2.79. The highest BCUT2D eigenvalue weighted by molar-refractivity contribution is 5.48. The molecule has 1 aliphatic rings. The van der Waals surface area contributed by atoms with Crippen LogP contribution in [-0.4, -0.2) is 23.1 Å². The summed E-state index contributed by atoms with van der Waals surface area (Å²) in [6.07, 6.45) is 6.87. The second-order valence-corrected chi connectivity index (χ2v) is 7.13. The molecule has 4 heteroatoms. The average Bonchev–Trinajstić information content (AvgIpc) is 2.45. The Balaban J connectivity index is 2.07. The van der Waals surface area contributed by atoms with Gasteiger partial charge in [-0.25, -0.2) is 9.97 Å². The zero-order chi connectivity index (χ0) is 15.3. The molecule has 2 N–H and O–H groups in total. The van der Waals surface area contributed by atoms with E-state index in [9.17, 15) is 0 Å². The van der Waals surface area contributed by atoms with Crippen LogP contribution < -0.4 is 10.6 Å². The lowest BCUT2D eigenvalue weighted by molar-refractivity contribution is 0.373. The molecule has 21 heavy (non-hydrogen) atoms. The molecule has 0 saturated heterocycles. The fraction of sp³-hybridized carbons (Fsp3) is 0.765. The molecule has 0 radical (unpaired) electrons. The maximum absolute atomic E-state index is 4.71. The molecule has 0 amide bonds. The molecule has 0 spiro atoms. The number of nitrogens with zero attached hydrogens (tertiary/aromatic N) is 2. The molecule has 1 aliphatic carbocycles. The standard InChI is InChI=1S/C17H30N4/c1-5-18-14-11-15(21-16(20-14)17(2,3)4)19-12-13-9-7-6-8-10-13/h11,13H,5-10,12H2,1-4H3,(H2,18,19,20,21). The van der Waals surface area contributed by atoms with Gasteiger partial charge in [0.05, 0.1) is 0 Å². The average molecular weight is 290 g/mol. The van der Waals surface area contributed by atoms with Crippen LogP contribution in [0.25, 0.3) is 0 Å². The lowest BCUT2D eigenvalue weighted by Gasteiger charge is -2.23. The van der Waals surface area contributed by atoms with Crippen molar-refractivity contribution in [1.82, 2.24) is 9.97 Å². The summed E-state index contributed by atoms with van der Waals surface area (Å²) in [6, 6.07) is 2.03. The van der Waals surface area contributed by atoms with Crippen LogP contribution in [0.1, 0.15) is 65.6 Å². The van der Waals surface area contributed by atoms with E-state index < -0.39 is 0 Å². The summed E-state index contributed by atoms with van der Waals surface area (Å²) in [6.45, 7) is 10.5. The third kappa shape index (κ3) is 4.87. The predicted molar refractivity (Wildman–Crippen MR) is 90.0 cm³/mol. The van der Waals surface area contributed by atoms with Gasteiger partial charge in [0, 0.05) is 24.6 Å². The number of nitrogens with one attached hydrogen (secondary N) is 2. The van der Waals surface area contributed by atoms with Crippen LogP contribution in [-0.2, 0) is 5.41 Å². The topological polar surface area (TPSA) is 49.8 Å². The van der Waals surface area contributed by atoms with Gasteiger partial charge in [-0.1, -0.05) is 40.0 Å². The Morgan fingerprint density at radius 3 is 2.24 bits per heavy atom. The van der Waals surface area contributed by atoms with E-state index in [4.69, 9.17) is 4.98 Å². The first-order chi connectivity index (χ1) is 9.99. The molecule has 0 atom stereocenters. The smallest absolute Gasteiger partial charge is 0.138 e. The van der Waals surface area contributed by atoms with E-state index in [1.807, 2.05) is 6.07 Å². The molecule has 1 fully saturated rings. The van der Waals surface area contributed by atoms with Gasteiger partial charge in [-0.15, -0.1) is 0 Å². The summed E-state index contributed by atoms with van der Waals surface area (Å²) in [4.78, 5) is 9.34. The van der Waals surface area contributed by atoms with Crippen molar-refractivity contribution in [2.24, 2.45) is 5.92 Å². The molecular weight excluding hydrogens is 260 g/mol. The predicted octanol–water partition coefficient (Wildman–Crippen LogP) is 4.20. The normalized spacial score (nSPS) is 16.8. The van der Waals surface area contributed by atoms with E-state index in [1.54, 1.807) is 0 Å². The Kier molecular flexibility index (Phi) is 5.43. The minimum absolute atomic E-state index is 0.0350. The summed E-state index contributed by atoms with van der Waals surface area (Å²) < 4.78 is 0. The maximum atomic E-state index is 4.71. The molecule has 0 bridgehead atoms. The zero-order valence-electron chi connectivity index (χ0n) is 14.0. The molecule has 118 valence electrons. The second-order valence-electron chi connectivity index (χ2n) is 7.13. The lowest BCUT2D eigenvalue weighted by atomic mass is 9.89. The van der Waals surface area contributed by atoms with Gasteiger partial charge in [0.1, 0.15) is 17.5 Å². The van der Waals surface area contributed by atoms with Gasteiger partial charge in [-0.05, 0) is 25.7 Å². The number of rotatable bonds is 5. The Labute approximate surface area is 129 Å². The van der Waals surface area contributed by atoms with E-state index >= 15 is 0 Å². The quantitative estimate of drug-likeness (QED) is 0.853. The Morgan fingerprint density at radius 1 is 1.05 bits per heavy atom. The van der Waals surface area contributed by atoms with E-state index in [2.05, 4.69) is 43.3 Å². The lowest BCUT2D eigenvalue weighted by Crippen LogP contribution is -2.21. The van der Waals surface area contributed by atoms with Gasteiger partial charge >= 0.3 is 0 Å². The second kappa shape index (κ2) is 7.10. The third-order valence-corrected chi connectivity index (χ3v) is 4.05. The van der Waals surface area contributed by atoms with Crippen molar-refractivity contribution in [1.29, 1.82) is 0 Å². The maximum Gasteiger partial charge on any atom is 0.138 e. The highest BCUT2D eigenvalue weighted by Gasteiger charge is 2.19. The summed E-state index contributed by atoms with van der Waals surface area (Å²) in [5.74, 6) is 3.57. The molecule has 1 aromatic heterocycles. The highest BCUT2D eigenvalue weighted by Crippen LogP contribution is 2.25. The SMILES string of the molecule is CCNc1cc(NCC2CCCCC2)nc(C(C)(C)C)n1. The first kappa shape index (κ1) is 16.1. The largest absolute Gasteiger partial charge is 0.370 e. The third-order valence-electron chi connectivity index (χ3n) is 4.05. The summed E-state index contributed by atoms with van der Waals surface area (Å²) >= 11 is 0. The van der Waals surface area contributed by atoms with Gasteiger partial charge in [0.25, 0.3) is 0 Å². The van der Waals surface area contributed by atoms with Crippen LogP contribution in [0, 0.1) is 5.92 Å². The van der Waals surface area contributed by atoms with Crippen molar-refractivity contribution in [3.05, 3.63) is 11.9 Å². The summed E-state index contributed by atoms with van der Waals surface area (Å²) in [5.41, 5.74) is -0.0350. The van der Waals surface area contributed by atoms with E-state index in [0.717, 1.165) is 36.5 Å². The van der Waals surface area contributed by atoms with Crippen molar-refractivity contribution < 1.29 is 0 Å². The van der Waals surface area contributed by atoms with Crippen LogP contribution >= 0.6 is 0 Å². The van der Waals surface area contributed by atoms with Crippen LogP contribution in [0.3, 0.4) is 0 Å². The molecule has 0 aliphatic heterocycles. The van der Waals surface area contributed by atoms with Crippen LogP contribution in [0.5, 0.6) is 0 Å². The summed E-state index contributed by atoms with van der Waals surface area (Å²) in [7, 11) is 0. The molecule has 2 rings (SSSR count). The molecule has 0 aromatic carbocycles. The number of hydrogen-bond acceptors (Lipinski definition) is 4. The Bertz CT molecular complexity index is 445. The van der Waals surface area contributed by atoms with Crippen molar-refractivity contribution in [3.8, 4) is 0 Å². The zero-order valence-corrected chi connectivity index (χ0v) is 14.0. The van der Waals surface area contributed by atoms with Crippen molar-refractivity contribution in [3.63, 3.8) is 0 Å². The van der Waals surface area contributed by atoms with Gasteiger partial charge in [-0.3, -0.25) is 0 Å². The van der Waals surface area contributed by atoms with Gasteiger partial charge in [0.15, 0.2) is 0 Å². The van der Waals surface area contributed by atoms with Gasteiger partial charge in [0.2, 0.25) is 0 Å². The van der Waals surface area contributed by atoms with E-state index in [0.29, 0.717) is 0 Å². The fourth-order valence-corrected chi connectivity index (χ4v) is 2.79. The van der Waals surface area contributed by atoms with Crippen molar-refractivity contribution in [2.45, 2.75) is 65.2 Å². The molecule has 1 heterocycles. The molecular formula is C17H30N4. The molecule has 1 aromatic rings. The van der Waals surface area contributed by atoms with Crippen molar-refractivity contribution in [2.75, 3.05) is 23.7 Å². The van der Waals surface area contributed by atoms with Crippen LogP contribution in [0.15, 0.2) is 6.07 Å². The molecule has 4 nitrogen and oxygen atoms in total. The van der Waals surface area contributed by atoms with E-state index in [1.165, 1.54) is 32.1 Å². The number of hydrogen-bond donors (Lipinski definition) is 2. The van der Waals surface area contributed by atoms with Gasteiger partial charge < -0.3 is 10.6 Å². The summed E-state index contributed by atoms with van der Waals surface area (Å²) in [5, 5.41) is 6.84. The number of aromatic nitrogens is 2. The first-order valence-corrected chi connectivity index (χ1v) is 8.36. The monoisotopic (exact) mass is 290 g/mol. The minimum Gasteiger partial charge on any atom is -0.370 e. The molecule has 0 unspecified atom stereocenters. The first-order valence-electron chi connectivity index (χ1n) is 8.36. The van der Waals surface area contributed by atoms with Crippen molar-refractivity contribution >= 4 is 11.6 Å². The highest BCUT2D eigenvalue weighted by atomic mass is 15.1. The number of anilines is 2. The van der Waals surface area contributed by atoms with E-state index in [-0.39, 0.29) is 5.41 Å². The van der Waals surface area contributed by atoms with Crippen LogP contribution in [0.2, 0.25) is 0 Å². The Hall–Kier alpha value is -1.32. The van der Waals surface area contributed by atoms with Gasteiger partial charge in [-0.2, -0.15) is 0 Å². The minimum atomic E-state index is -0.0350. The Morgan fingerprint density at radius 2 is 1.67 bits per heavy atom.